The van der Waals surface area contributed by atoms with E-state index < -0.39 is 33.1 Å². The molecule has 124 valence electrons. The fourth-order valence-electron chi connectivity index (χ4n) is 2.66. The first kappa shape index (κ1) is 16.8. The second-order valence-corrected chi connectivity index (χ2v) is 5.53. The maximum Gasteiger partial charge on any atom is 0.310 e. The molecule has 0 radical (unpaired) electrons. The highest BCUT2D eigenvalue weighted by Crippen LogP contribution is 2.26. The van der Waals surface area contributed by atoms with Crippen LogP contribution >= 0.6 is 0 Å². The van der Waals surface area contributed by atoms with Gasteiger partial charge in [0, 0.05) is 23.7 Å². The van der Waals surface area contributed by atoms with Crippen molar-refractivity contribution in [3.8, 4) is 0 Å². The summed E-state index contributed by atoms with van der Waals surface area (Å²) in [4.78, 5) is 32.2. The molecule has 0 unspecified atom stereocenters. The summed E-state index contributed by atoms with van der Waals surface area (Å²) in [6.45, 7) is -0.259. The van der Waals surface area contributed by atoms with Crippen LogP contribution in [0.1, 0.15) is 31.2 Å². The number of rotatable bonds is 5. The van der Waals surface area contributed by atoms with Crippen LogP contribution in [0.2, 0.25) is 0 Å². The monoisotopic (exact) mass is 323 g/mol. The average molecular weight is 323 g/mol. The quantitative estimate of drug-likeness (QED) is 0.497. The summed E-state index contributed by atoms with van der Waals surface area (Å²) >= 11 is 0. The Morgan fingerprint density at radius 1 is 1.13 bits per heavy atom. The molecule has 0 amide bonds. The summed E-state index contributed by atoms with van der Waals surface area (Å²) in [5.41, 5.74) is 5.26. The second-order valence-electron chi connectivity index (χ2n) is 5.53. The SMILES string of the molecule is N[C@@H]1CCCC[C@H]1C(=O)OCc1cc([N+](=O)[O-])cc([N+](=O)[O-])c1. The fraction of sp³-hybridized carbons (Fsp3) is 0.500. The maximum atomic E-state index is 12.0. The summed E-state index contributed by atoms with van der Waals surface area (Å²) in [7, 11) is 0. The molecule has 1 saturated carbocycles. The molecule has 0 spiro atoms. The molecule has 1 aliphatic carbocycles. The number of carbonyl (C=O) groups is 1. The van der Waals surface area contributed by atoms with E-state index in [1.54, 1.807) is 0 Å². The van der Waals surface area contributed by atoms with Crippen LogP contribution in [0, 0.1) is 26.1 Å². The van der Waals surface area contributed by atoms with Crippen LogP contribution in [0.25, 0.3) is 0 Å². The van der Waals surface area contributed by atoms with Crippen molar-refractivity contribution in [2.75, 3.05) is 0 Å². The van der Waals surface area contributed by atoms with Crippen LogP contribution in [0.3, 0.4) is 0 Å². The summed E-state index contributed by atoms with van der Waals surface area (Å²) in [5.74, 6) is -0.858. The van der Waals surface area contributed by atoms with E-state index in [2.05, 4.69) is 0 Å². The molecule has 0 aliphatic heterocycles. The van der Waals surface area contributed by atoms with Gasteiger partial charge in [0.2, 0.25) is 0 Å². The summed E-state index contributed by atoms with van der Waals surface area (Å²) in [6, 6.07) is 2.92. The van der Waals surface area contributed by atoms with Crippen LogP contribution in [-0.4, -0.2) is 21.9 Å². The Hall–Kier alpha value is -2.55. The molecule has 0 heterocycles. The van der Waals surface area contributed by atoms with Gasteiger partial charge in [-0.05, 0) is 12.8 Å². The Labute approximate surface area is 131 Å². The summed E-state index contributed by atoms with van der Waals surface area (Å²) < 4.78 is 5.14. The van der Waals surface area contributed by atoms with Gasteiger partial charge in [-0.2, -0.15) is 0 Å². The molecule has 23 heavy (non-hydrogen) atoms. The normalized spacial score (nSPS) is 20.7. The highest BCUT2D eigenvalue weighted by molar-refractivity contribution is 5.73. The van der Waals surface area contributed by atoms with Gasteiger partial charge in [-0.1, -0.05) is 12.8 Å². The number of nitro benzene ring substituents is 2. The summed E-state index contributed by atoms with van der Waals surface area (Å²) in [6.07, 6.45) is 3.27. The van der Waals surface area contributed by atoms with Gasteiger partial charge in [-0.25, -0.2) is 0 Å². The number of nitro groups is 2. The van der Waals surface area contributed by atoms with Crippen LogP contribution in [-0.2, 0) is 16.1 Å². The third kappa shape index (κ3) is 4.22. The number of nitrogens with two attached hydrogens (primary N) is 1. The number of ether oxygens (including phenoxy) is 1. The molecule has 9 heteroatoms. The lowest BCUT2D eigenvalue weighted by molar-refractivity contribution is -0.394. The second kappa shape index (κ2) is 7.14. The van der Waals surface area contributed by atoms with Gasteiger partial charge in [-0.3, -0.25) is 25.0 Å². The lowest BCUT2D eigenvalue weighted by Crippen LogP contribution is -2.38. The Morgan fingerprint density at radius 3 is 2.22 bits per heavy atom. The van der Waals surface area contributed by atoms with E-state index in [0.29, 0.717) is 6.42 Å². The van der Waals surface area contributed by atoms with Gasteiger partial charge < -0.3 is 10.5 Å². The number of carbonyl (C=O) groups excluding carboxylic acids is 1. The third-order valence-corrected chi connectivity index (χ3v) is 3.89. The van der Waals surface area contributed by atoms with Crippen LogP contribution in [0.5, 0.6) is 0 Å². The topological polar surface area (TPSA) is 139 Å². The van der Waals surface area contributed by atoms with Gasteiger partial charge in [-0.15, -0.1) is 0 Å². The lowest BCUT2D eigenvalue weighted by atomic mass is 9.85. The molecular formula is C14H17N3O6. The highest BCUT2D eigenvalue weighted by atomic mass is 16.6. The summed E-state index contributed by atoms with van der Waals surface area (Å²) in [5, 5.41) is 21.6. The lowest BCUT2D eigenvalue weighted by Gasteiger charge is -2.26. The van der Waals surface area contributed by atoms with Gasteiger partial charge in [0.1, 0.15) is 6.61 Å². The molecule has 1 aromatic carbocycles. The van der Waals surface area contributed by atoms with Crippen molar-refractivity contribution in [2.24, 2.45) is 11.7 Å². The first-order valence-corrected chi connectivity index (χ1v) is 7.23. The highest BCUT2D eigenvalue weighted by Gasteiger charge is 2.29. The van der Waals surface area contributed by atoms with E-state index in [1.165, 1.54) is 0 Å². The van der Waals surface area contributed by atoms with Crippen LogP contribution in [0.4, 0.5) is 11.4 Å². The Morgan fingerprint density at radius 2 is 1.70 bits per heavy atom. The Kier molecular flexibility index (Phi) is 5.22. The molecule has 1 fully saturated rings. The Balaban J connectivity index is 2.08. The number of hydrogen-bond donors (Lipinski definition) is 1. The van der Waals surface area contributed by atoms with Crippen molar-refractivity contribution in [3.63, 3.8) is 0 Å². The van der Waals surface area contributed by atoms with Crippen LogP contribution < -0.4 is 5.73 Å². The number of non-ortho nitro benzene ring substituents is 2. The Bertz CT molecular complexity index is 601. The van der Waals surface area contributed by atoms with E-state index in [4.69, 9.17) is 10.5 Å². The smallest absolute Gasteiger partial charge is 0.310 e. The molecule has 1 aliphatic rings. The standard InChI is InChI=1S/C14H17N3O6/c15-13-4-2-1-3-12(13)14(18)23-8-9-5-10(16(19)20)7-11(6-9)17(21)22/h5-7,12-13H,1-4,8,15H2/t12-,13-/m1/s1. The first-order valence-electron chi connectivity index (χ1n) is 7.23. The third-order valence-electron chi connectivity index (χ3n) is 3.89. The first-order chi connectivity index (χ1) is 10.9. The molecule has 2 rings (SSSR count). The molecule has 0 aromatic heterocycles. The molecule has 9 nitrogen and oxygen atoms in total. The molecular weight excluding hydrogens is 306 g/mol. The number of hydrogen-bond acceptors (Lipinski definition) is 7. The predicted molar refractivity (Wildman–Crippen MR) is 79.5 cm³/mol. The van der Waals surface area contributed by atoms with E-state index in [0.717, 1.165) is 37.5 Å². The van der Waals surface area contributed by atoms with Gasteiger partial charge in [0.15, 0.2) is 0 Å². The zero-order valence-electron chi connectivity index (χ0n) is 12.3. The molecule has 0 saturated heterocycles. The van der Waals surface area contributed by atoms with E-state index in [-0.39, 0.29) is 18.2 Å². The van der Waals surface area contributed by atoms with Crippen molar-refractivity contribution in [3.05, 3.63) is 44.0 Å². The van der Waals surface area contributed by atoms with Gasteiger partial charge in [0.25, 0.3) is 11.4 Å². The number of esters is 1. The van der Waals surface area contributed by atoms with Crippen molar-refractivity contribution in [1.29, 1.82) is 0 Å². The molecule has 2 atom stereocenters. The van der Waals surface area contributed by atoms with Crippen molar-refractivity contribution in [1.82, 2.24) is 0 Å². The number of benzene rings is 1. The van der Waals surface area contributed by atoms with Gasteiger partial charge >= 0.3 is 5.97 Å². The molecule has 0 bridgehead atoms. The largest absolute Gasteiger partial charge is 0.461 e. The maximum absolute atomic E-state index is 12.0. The fourth-order valence-corrected chi connectivity index (χ4v) is 2.66. The minimum atomic E-state index is -0.727. The minimum Gasteiger partial charge on any atom is -0.461 e. The predicted octanol–water partition coefficient (Wildman–Crippen LogP) is 2.06. The van der Waals surface area contributed by atoms with E-state index >= 15 is 0 Å². The molecule has 1 aromatic rings. The van der Waals surface area contributed by atoms with Crippen LogP contribution in [0.15, 0.2) is 18.2 Å². The minimum absolute atomic E-state index is 0.198. The van der Waals surface area contributed by atoms with Crippen molar-refractivity contribution >= 4 is 17.3 Å². The average Bonchev–Trinajstić information content (AvgIpc) is 2.52. The van der Waals surface area contributed by atoms with Gasteiger partial charge in [0.05, 0.1) is 21.8 Å². The zero-order chi connectivity index (χ0) is 17.0. The van der Waals surface area contributed by atoms with E-state index in [9.17, 15) is 25.0 Å². The zero-order valence-corrected chi connectivity index (χ0v) is 12.3. The van der Waals surface area contributed by atoms with Crippen molar-refractivity contribution < 1.29 is 19.4 Å². The number of nitrogens with zero attached hydrogens (tertiary/aromatic N) is 2. The van der Waals surface area contributed by atoms with E-state index in [1.807, 2.05) is 0 Å². The molecule has 2 N–H and O–H groups in total. The van der Waals surface area contributed by atoms with Crippen molar-refractivity contribution in [2.45, 2.75) is 38.3 Å².